The Kier molecular flexibility index (Phi) is 3.83. The summed E-state index contributed by atoms with van der Waals surface area (Å²) in [6.07, 6.45) is 0.538. The number of morpholine rings is 1. The van der Waals surface area contributed by atoms with Gasteiger partial charge in [0.25, 0.3) is 0 Å². The lowest BCUT2D eigenvalue weighted by Crippen LogP contribution is -2.60. The number of hydrogen-bond acceptors (Lipinski definition) is 5. The Morgan fingerprint density at radius 3 is 2.68 bits per heavy atom. The van der Waals surface area contributed by atoms with Crippen molar-refractivity contribution in [1.82, 2.24) is 4.90 Å². The van der Waals surface area contributed by atoms with Crippen LogP contribution in [-0.2, 0) is 23.9 Å². The number of hydrogen-bond donors (Lipinski definition) is 0. The van der Waals surface area contributed by atoms with E-state index in [1.165, 1.54) is 12.0 Å². The molecule has 22 heavy (non-hydrogen) atoms. The molecule has 0 radical (unpaired) electrons. The van der Waals surface area contributed by atoms with Gasteiger partial charge in [-0.05, 0) is 12.0 Å². The van der Waals surface area contributed by atoms with Gasteiger partial charge in [-0.2, -0.15) is 0 Å². The van der Waals surface area contributed by atoms with E-state index in [0.29, 0.717) is 6.42 Å². The molecule has 2 fully saturated rings. The Hall–Kier alpha value is -2.37. The van der Waals surface area contributed by atoms with Crippen LogP contribution in [0, 0.1) is 5.92 Å². The average Bonchev–Trinajstić information content (AvgIpc) is 2.56. The van der Waals surface area contributed by atoms with Crippen LogP contribution in [0.3, 0.4) is 0 Å². The molecule has 1 amide bonds. The van der Waals surface area contributed by atoms with Crippen LogP contribution in [0.5, 0.6) is 0 Å². The second kappa shape index (κ2) is 5.79. The maximum absolute atomic E-state index is 12.4. The number of nitrogens with zero attached hydrogens (tertiary/aromatic N) is 1. The van der Waals surface area contributed by atoms with Crippen LogP contribution in [0.25, 0.3) is 0 Å². The lowest BCUT2D eigenvalue weighted by atomic mass is 9.85. The number of fused-ring (bicyclic) bond motifs is 1. The minimum Gasteiger partial charge on any atom is -0.469 e. The number of rotatable bonds is 2. The van der Waals surface area contributed by atoms with Crippen LogP contribution >= 0.6 is 0 Å². The molecule has 0 bridgehead atoms. The molecule has 0 aromatic heterocycles. The second-order valence-corrected chi connectivity index (χ2v) is 5.47. The van der Waals surface area contributed by atoms with Crippen molar-refractivity contribution in [3.8, 4) is 0 Å². The maximum atomic E-state index is 12.4. The van der Waals surface area contributed by atoms with E-state index >= 15 is 0 Å². The molecule has 6 nitrogen and oxygen atoms in total. The van der Waals surface area contributed by atoms with E-state index < -0.39 is 23.9 Å². The lowest BCUT2D eigenvalue weighted by Gasteiger charge is -2.45. The highest BCUT2D eigenvalue weighted by molar-refractivity contribution is 5.92. The summed E-state index contributed by atoms with van der Waals surface area (Å²) in [4.78, 5) is 38.0. The predicted molar refractivity (Wildman–Crippen MR) is 75.5 cm³/mol. The zero-order chi connectivity index (χ0) is 15.7. The number of piperidine rings is 1. The molecule has 116 valence electrons. The molecule has 1 aromatic carbocycles. The van der Waals surface area contributed by atoms with E-state index in [4.69, 9.17) is 9.47 Å². The molecule has 2 aliphatic heterocycles. The van der Waals surface area contributed by atoms with Crippen LogP contribution in [0.1, 0.15) is 24.4 Å². The van der Waals surface area contributed by atoms with Crippen molar-refractivity contribution in [3.63, 3.8) is 0 Å². The fourth-order valence-electron chi connectivity index (χ4n) is 3.22. The molecule has 1 unspecified atom stereocenters. The molecular weight excluding hydrogens is 286 g/mol. The van der Waals surface area contributed by atoms with Gasteiger partial charge in [-0.3, -0.25) is 9.59 Å². The Morgan fingerprint density at radius 1 is 1.27 bits per heavy atom. The highest BCUT2D eigenvalue weighted by Gasteiger charge is 2.51. The van der Waals surface area contributed by atoms with E-state index in [-0.39, 0.29) is 25.0 Å². The van der Waals surface area contributed by atoms with Gasteiger partial charge in [0.1, 0.15) is 12.6 Å². The molecular formula is C16H17NO5. The summed E-state index contributed by atoms with van der Waals surface area (Å²) in [5.74, 6) is -1.80. The van der Waals surface area contributed by atoms with Gasteiger partial charge in [0.15, 0.2) is 0 Å². The van der Waals surface area contributed by atoms with Crippen molar-refractivity contribution in [1.29, 1.82) is 0 Å². The molecule has 2 aliphatic rings. The van der Waals surface area contributed by atoms with Gasteiger partial charge < -0.3 is 14.4 Å². The summed E-state index contributed by atoms with van der Waals surface area (Å²) in [6, 6.07) is 8.13. The minimum atomic E-state index is -0.896. The third kappa shape index (κ3) is 2.34. The van der Waals surface area contributed by atoms with Crippen molar-refractivity contribution in [2.45, 2.75) is 24.9 Å². The largest absolute Gasteiger partial charge is 0.469 e. The summed E-state index contributed by atoms with van der Waals surface area (Å²) in [7, 11) is 1.28. The Bertz CT molecular complexity index is 600. The van der Waals surface area contributed by atoms with E-state index in [1.54, 1.807) is 0 Å². The van der Waals surface area contributed by atoms with E-state index in [0.717, 1.165) is 5.56 Å². The molecule has 2 heterocycles. The number of methoxy groups -OCH3 is 1. The SMILES string of the molecule is COC(=O)C1CCC(=O)N2[C@@H]1C(=O)OC[C@H]2c1ccccc1. The summed E-state index contributed by atoms with van der Waals surface area (Å²) >= 11 is 0. The fraction of sp³-hybridized carbons (Fsp3) is 0.438. The van der Waals surface area contributed by atoms with Crippen LogP contribution in [0.15, 0.2) is 30.3 Å². The molecule has 1 aromatic rings. The van der Waals surface area contributed by atoms with Gasteiger partial charge in [0.2, 0.25) is 5.91 Å². The molecule has 0 saturated carbocycles. The number of carbonyl (C=O) groups is 3. The van der Waals surface area contributed by atoms with Crippen LogP contribution in [0.2, 0.25) is 0 Å². The van der Waals surface area contributed by atoms with Crippen molar-refractivity contribution in [2.24, 2.45) is 5.92 Å². The molecule has 3 atom stereocenters. The van der Waals surface area contributed by atoms with Gasteiger partial charge >= 0.3 is 11.9 Å². The quantitative estimate of drug-likeness (QED) is 0.764. The van der Waals surface area contributed by atoms with Crippen LogP contribution in [-0.4, -0.2) is 42.5 Å². The van der Waals surface area contributed by atoms with E-state index in [9.17, 15) is 14.4 Å². The first-order valence-corrected chi connectivity index (χ1v) is 7.24. The summed E-state index contributed by atoms with van der Waals surface area (Å²) in [5.41, 5.74) is 0.888. The molecule has 0 N–H and O–H groups in total. The molecule has 6 heteroatoms. The molecule has 3 rings (SSSR count). The highest BCUT2D eigenvalue weighted by atomic mass is 16.5. The first-order valence-electron chi connectivity index (χ1n) is 7.24. The van der Waals surface area contributed by atoms with Gasteiger partial charge in [0, 0.05) is 6.42 Å². The Morgan fingerprint density at radius 2 is 2.00 bits per heavy atom. The van der Waals surface area contributed by atoms with Gasteiger partial charge in [0.05, 0.1) is 19.1 Å². The number of ether oxygens (including phenoxy) is 2. The average molecular weight is 303 g/mol. The number of amides is 1. The van der Waals surface area contributed by atoms with Crippen molar-refractivity contribution >= 4 is 17.8 Å². The highest BCUT2D eigenvalue weighted by Crippen LogP contribution is 2.37. The minimum absolute atomic E-state index is 0.110. The first kappa shape index (κ1) is 14.6. The predicted octanol–water partition coefficient (Wildman–Crippen LogP) is 1.06. The van der Waals surface area contributed by atoms with Gasteiger partial charge in [-0.25, -0.2) is 4.79 Å². The van der Waals surface area contributed by atoms with Crippen molar-refractivity contribution in [2.75, 3.05) is 13.7 Å². The summed E-state index contributed by atoms with van der Waals surface area (Å²) in [5, 5.41) is 0. The third-order valence-electron chi connectivity index (χ3n) is 4.29. The molecule has 0 aliphatic carbocycles. The van der Waals surface area contributed by atoms with Gasteiger partial charge in [-0.15, -0.1) is 0 Å². The van der Waals surface area contributed by atoms with Crippen molar-refractivity contribution < 1.29 is 23.9 Å². The zero-order valence-electron chi connectivity index (χ0n) is 12.2. The summed E-state index contributed by atoms with van der Waals surface area (Å²) < 4.78 is 10.0. The first-order chi connectivity index (χ1) is 10.6. The normalized spacial score (nSPS) is 27.9. The molecule has 2 saturated heterocycles. The standard InChI is InChI=1S/C16H17NO5/c1-21-15(19)11-7-8-13(18)17-12(9-22-16(20)14(11)17)10-5-3-2-4-6-10/h2-6,11-12,14H,7-9H2,1H3/t11?,12-,14-/m0/s1. The smallest absolute Gasteiger partial charge is 0.329 e. The van der Waals surface area contributed by atoms with Gasteiger partial charge in [-0.1, -0.05) is 30.3 Å². The van der Waals surface area contributed by atoms with Crippen molar-refractivity contribution in [3.05, 3.63) is 35.9 Å². The topological polar surface area (TPSA) is 72.9 Å². The zero-order valence-corrected chi connectivity index (χ0v) is 12.2. The maximum Gasteiger partial charge on any atom is 0.329 e. The summed E-state index contributed by atoms with van der Waals surface area (Å²) in [6.45, 7) is 0.110. The van der Waals surface area contributed by atoms with Crippen LogP contribution < -0.4 is 0 Å². The molecule has 0 spiro atoms. The van der Waals surface area contributed by atoms with E-state index in [1.807, 2.05) is 30.3 Å². The second-order valence-electron chi connectivity index (χ2n) is 5.47. The fourth-order valence-corrected chi connectivity index (χ4v) is 3.22. The number of esters is 2. The number of cyclic esters (lactones) is 1. The number of carbonyl (C=O) groups excluding carboxylic acids is 3. The number of benzene rings is 1. The lowest BCUT2D eigenvalue weighted by molar-refractivity contribution is -0.182. The van der Waals surface area contributed by atoms with E-state index in [2.05, 4.69) is 0 Å². The monoisotopic (exact) mass is 303 g/mol. The Labute approximate surface area is 128 Å². The van der Waals surface area contributed by atoms with Crippen LogP contribution in [0.4, 0.5) is 0 Å². The Balaban J connectivity index is 1.98. The third-order valence-corrected chi connectivity index (χ3v) is 4.29.